The first kappa shape index (κ1) is 15.0. The van der Waals surface area contributed by atoms with Gasteiger partial charge in [-0.2, -0.15) is 0 Å². The van der Waals surface area contributed by atoms with Gasteiger partial charge in [0.1, 0.15) is 0 Å². The van der Waals surface area contributed by atoms with E-state index in [0.29, 0.717) is 6.61 Å². The van der Waals surface area contributed by atoms with Crippen LogP contribution in [-0.4, -0.2) is 17.6 Å². The Kier molecular flexibility index (Phi) is 5.14. The van der Waals surface area contributed by atoms with Gasteiger partial charge in [-0.05, 0) is 31.5 Å². The van der Waals surface area contributed by atoms with Gasteiger partial charge in [-0.15, -0.1) is 11.3 Å². The number of nitrogens with zero attached hydrogens (tertiary/aromatic N) is 1. The highest BCUT2D eigenvalue weighted by atomic mass is 79.9. The second kappa shape index (κ2) is 6.85. The molecule has 0 radical (unpaired) electrons. The van der Waals surface area contributed by atoms with Gasteiger partial charge in [0.05, 0.1) is 18.7 Å². The molecule has 1 aromatic heterocycles. The fraction of sp³-hybridized carbons (Fsp3) is 0.286. The zero-order valence-corrected chi connectivity index (χ0v) is 13.7. The third-order valence-electron chi connectivity index (χ3n) is 2.61. The molecule has 0 atom stereocenters. The van der Waals surface area contributed by atoms with Crippen LogP contribution in [0.1, 0.15) is 18.2 Å². The number of carbonyl (C=O) groups is 1. The molecule has 0 saturated carbocycles. The Hall–Kier alpha value is -1.40. The summed E-state index contributed by atoms with van der Waals surface area (Å²) < 4.78 is 5.95. The summed E-state index contributed by atoms with van der Waals surface area (Å²) in [5.74, 6) is -0.248. The molecule has 0 saturated heterocycles. The van der Waals surface area contributed by atoms with Gasteiger partial charge in [-0.3, -0.25) is 4.79 Å². The molecule has 4 nitrogen and oxygen atoms in total. The highest BCUT2D eigenvalue weighted by Gasteiger charge is 2.08. The van der Waals surface area contributed by atoms with E-state index in [-0.39, 0.29) is 12.4 Å². The number of thiazole rings is 1. The SMILES string of the molecule is CCOC(=O)Cc1csc(Nc2ccc(C)c(Br)c2)n1. The molecule has 20 heavy (non-hydrogen) atoms. The Morgan fingerprint density at radius 2 is 2.30 bits per heavy atom. The summed E-state index contributed by atoms with van der Waals surface area (Å²) in [5.41, 5.74) is 2.86. The number of rotatable bonds is 5. The summed E-state index contributed by atoms with van der Waals surface area (Å²) >= 11 is 4.97. The van der Waals surface area contributed by atoms with E-state index in [0.717, 1.165) is 21.0 Å². The van der Waals surface area contributed by atoms with Crippen LogP contribution in [-0.2, 0) is 16.0 Å². The molecular formula is C14H15BrN2O2S. The van der Waals surface area contributed by atoms with Crippen LogP contribution < -0.4 is 5.32 Å². The van der Waals surface area contributed by atoms with E-state index in [1.807, 2.05) is 30.5 Å². The third kappa shape index (κ3) is 4.05. The van der Waals surface area contributed by atoms with Gasteiger partial charge in [-0.25, -0.2) is 4.98 Å². The lowest BCUT2D eigenvalue weighted by atomic mass is 10.2. The average molecular weight is 355 g/mol. The van der Waals surface area contributed by atoms with Crippen molar-refractivity contribution in [3.8, 4) is 0 Å². The number of carbonyl (C=O) groups excluding carboxylic acids is 1. The van der Waals surface area contributed by atoms with Crippen molar-refractivity contribution in [1.29, 1.82) is 0 Å². The molecule has 2 aromatic rings. The largest absolute Gasteiger partial charge is 0.466 e. The maximum atomic E-state index is 11.4. The van der Waals surface area contributed by atoms with Gasteiger partial charge in [0, 0.05) is 15.5 Å². The summed E-state index contributed by atoms with van der Waals surface area (Å²) in [6.07, 6.45) is 0.212. The number of hydrogen-bond acceptors (Lipinski definition) is 5. The molecule has 0 aliphatic heterocycles. The van der Waals surface area contributed by atoms with Crippen molar-refractivity contribution < 1.29 is 9.53 Å². The number of esters is 1. The minimum atomic E-state index is -0.248. The van der Waals surface area contributed by atoms with Gasteiger partial charge >= 0.3 is 5.97 Å². The minimum Gasteiger partial charge on any atom is -0.466 e. The lowest BCUT2D eigenvalue weighted by Gasteiger charge is -2.04. The highest BCUT2D eigenvalue weighted by molar-refractivity contribution is 9.10. The molecule has 0 aliphatic carbocycles. The Balaban J connectivity index is 2.02. The second-order valence-electron chi connectivity index (χ2n) is 4.21. The molecule has 1 N–H and O–H groups in total. The number of hydrogen-bond donors (Lipinski definition) is 1. The number of anilines is 2. The quantitative estimate of drug-likeness (QED) is 0.822. The van der Waals surface area contributed by atoms with Crippen molar-refractivity contribution in [2.75, 3.05) is 11.9 Å². The number of aromatic nitrogens is 1. The standard InChI is InChI=1S/C14H15BrN2O2S/c1-3-19-13(18)7-11-8-20-14(17-11)16-10-5-4-9(2)12(15)6-10/h4-6,8H,3,7H2,1-2H3,(H,16,17). The summed E-state index contributed by atoms with van der Waals surface area (Å²) in [7, 11) is 0. The van der Waals surface area contributed by atoms with E-state index in [2.05, 4.69) is 26.2 Å². The van der Waals surface area contributed by atoms with Gasteiger partial charge in [-0.1, -0.05) is 22.0 Å². The second-order valence-corrected chi connectivity index (χ2v) is 5.93. The molecule has 106 valence electrons. The van der Waals surface area contributed by atoms with Crippen molar-refractivity contribution in [3.05, 3.63) is 39.3 Å². The lowest BCUT2D eigenvalue weighted by Crippen LogP contribution is -2.07. The summed E-state index contributed by atoms with van der Waals surface area (Å²) in [6.45, 7) is 4.22. The smallest absolute Gasteiger partial charge is 0.311 e. The number of halogens is 1. The molecule has 1 heterocycles. The number of nitrogens with one attached hydrogen (secondary N) is 1. The molecule has 6 heteroatoms. The first-order valence-corrected chi connectivity index (χ1v) is 7.89. The fourth-order valence-electron chi connectivity index (χ4n) is 1.60. The Morgan fingerprint density at radius 1 is 1.50 bits per heavy atom. The first-order chi connectivity index (χ1) is 9.58. The summed E-state index contributed by atoms with van der Waals surface area (Å²) in [4.78, 5) is 15.7. The van der Waals surface area contributed by atoms with Crippen molar-refractivity contribution in [3.63, 3.8) is 0 Å². The van der Waals surface area contributed by atoms with Crippen LogP contribution in [0.15, 0.2) is 28.1 Å². The maximum Gasteiger partial charge on any atom is 0.311 e. The number of ether oxygens (including phenoxy) is 1. The predicted octanol–water partition coefficient (Wildman–Crippen LogP) is 4.06. The van der Waals surface area contributed by atoms with Crippen LogP contribution in [0.2, 0.25) is 0 Å². The molecule has 1 aromatic carbocycles. The Morgan fingerprint density at radius 3 is 3.00 bits per heavy atom. The van der Waals surface area contributed by atoms with Gasteiger partial charge in [0.2, 0.25) is 0 Å². The normalized spacial score (nSPS) is 10.3. The van der Waals surface area contributed by atoms with E-state index in [1.165, 1.54) is 16.9 Å². The molecule has 0 aliphatic rings. The summed E-state index contributed by atoms with van der Waals surface area (Å²) in [5, 5.41) is 5.85. The summed E-state index contributed by atoms with van der Waals surface area (Å²) in [6, 6.07) is 6.02. The zero-order valence-electron chi connectivity index (χ0n) is 11.3. The van der Waals surface area contributed by atoms with E-state index in [9.17, 15) is 4.79 Å². The predicted molar refractivity (Wildman–Crippen MR) is 84.6 cm³/mol. The third-order valence-corrected chi connectivity index (χ3v) is 4.27. The Bertz CT molecular complexity index is 613. The van der Waals surface area contributed by atoms with Crippen LogP contribution in [0.3, 0.4) is 0 Å². The lowest BCUT2D eigenvalue weighted by molar-refractivity contribution is -0.142. The molecule has 2 rings (SSSR count). The van der Waals surface area contributed by atoms with Gasteiger partial charge in [0.25, 0.3) is 0 Å². The molecule has 0 unspecified atom stereocenters. The van der Waals surface area contributed by atoms with Crippen molar-refractivity contribution in [2.24, 2.45) is 0 Å². The maximum absolute atomic E-state index is 11.4. The number of benzene rings is 1. The van der Waals surface area contributed by atoms with E-state index in [1.54, 1.807) is 6.92 Å². The van der Waals surface area contributed by atoms with Crippen LogP contribution in [0.4, 0.5) is 10.8 Å². The van der Waals surface area contributed by atoms with Crippen LogP contribution >= 0.6 is 27.3 Å². The van der Waals surface area contributed by atoms with E-state index < -0.39 is 0 Å². The Labute approximate surface area is 130 Å². The highest BCUT2D eigenvalue weighted by Crippen LogP contribution is 2.25. The van der Waals surface area contributed by atoms with E-state index in [4.69, 9.17) is 4.74 Å². The van der Waals surface area contributed by atoms with Crippen LogP contribution in [0.25, 0.3) is 0 Å². The van der Waals surface area contributed by atoms with Crippen LogP contribution in [0, 0.1) is 6.92 Å². The monoisotopic (exact) mass is 354 g/mol. The van der Waals surface area contributed by atoms with E-state index >= 15 is 0 Å². The van der Waals surface area contributed by atoms with Crippen LogP contribution in [0.5, 0.6) is 0 Å². The van der Waals surface area contributed by atoms with Gasteiger partial charge in [0.15, 0.2) is 5.13 Å². The first-order valence-electron chi connectivity index (χ1n) is 6.21. The molecule has 0 bridgehead atoms. The average Bonchev–Trinajstić information content (AvgIpc) is 2.81. The molecule has 0 amide bonds. The molecular weight excluding hydrogens is 340 g/mol. The molecule has 0 fully saturated rings. The fourth-order valence-corrected chi connectivity index (χ4v) is 2.71. The van der Waals surface area contributed by atoms with Gasteiger partial charge < -0.3 is 10.1 Å². The van der Waals surface area contributed by atoms with Crippen molar-refractivity contribution in [1.82, 2.24) is 4.98 Å². The zero-order chi connectivity index (χ0) is 14.5. The van der Waals surface area contributed by atoms with Crippen molar-refractivity contribution in [2.45, 2.75) is 20.3 Å². The molecule has 0 spiro atoms. The minimum absolute atomic E-state index is 0.212. The van der Waals surface area contributed by atoms with Crippen molar-refractivity contribution >= 4 is 44.1 Å². The number of aryl methyl sites for hydroxylation is 1. The topological polar surface area (TPSA) is 51.2 Å².